The van der Waals surface area contributed by atoms with Gasteiger partial charge in [-0.15, -0.1) is 0 Å². The van der Waals surface area contributed by atoms with Gasteiger partial charge >= 0.3 is 6.03 Å². The van der Waals surface area contributed by atoms with Crippen LogP contribution in [0.25, 0.3) is 0 Å². The Kier molecular flexibility index (Phi) is 4.39. The lowest BCUT2D eigenvalue weighted by molar-refractivity contribution is -0.120. The van der Waals surface area contributed by atoms with Gasteiger partial charge in [0.1, 0.15) is 23.0 Å². The van der Waals surface area contributed by atoms with E-state index in [-0.39, 0.29) is 0 Å². The second kappa shape index (κ2) is 7.21. The first-order chi connectivity index (χ1) is 14.2. The molecular weight excluding hydrogens is 374 g/mol. The maximum atomic E-state index is 12.0. The minimum atomic E-state index is -0.827. The Morgan fingerprint density at radius 2 is 2.07 bits per heavy atom. The molecule has 3 amide bonds. The number of urea groups is 1. The van der Waals surface area contributed by atoms with E-state index in [1.165, 1.54) is 0 Å². The van der Waals surface area contributed by atoms with Crippen LogP contribution in [0.3, 0.4) is 0 Å². The van der Waals surface area contributed by atoms with Crippen LogP contribution < -0.4 is 20.9 Å². The number of aromatic nitrogens is 2. The van der Waals surface area contributed by atoms with E-state index >= 15 is 0 Å². The number of piperidine rings is 1. The molecule has 2 aromatic rings. The summed E-state index contributed by atoms with van der Waals surface area (Å²) >= 11 is 0. The number of rotatable bonds is 3. The van der Waals surface area contributed by atoms with Crippen molar-refractivity contribution in [3.8, 4) is 0 Å². The summed E-state index contributed by atoms with van der Waals surface area (Å²) in [5.74, 6) is 1.42. The third-order valence-corrected chi connectivity index (χ3v) is 5.35. The molecule has 4 N–H and O–H groups in total. The number of carbonyl (C=O) groups is 2. The highest BCUT2D eigenvalue weighted by atomic mass is 16.3. The Bertz CT molecular complexity index is 986. The van der Waals surface area contributed by atoms with Gasteiger partial charge in [-0.3, -0.25) is 15.2 Å². The summed E-state index contributed by atoms with van der Waals surface area (Å²) in [5.41, 5.74) is 1.62. The molecule has 2 aromatic heterocycles. The Morgan fingerprint density at radius 3 is 2.79 bits per heavy atom. The summed E-state index contributed by atoms with van der Waals surface area (Å²) < 4.78 is 5.87. The molecule has 1 atom stereocenters. The SMILES string of the molecule is O=C1NC(=O)C(c2cc3c(o2)CC=CC(N(c2cn[nH]c2)C2CCNCC2)=N3)N1. The molecule has 0 aromatic carbocycles. The molecular formula is C19H21N7O3. The van der Waals surface area contributed by atoms with E-state index in [1.807, 2.05) is 18.3 Å². The molecule has 0 bridgehead atoms. The van der Waals surface area contributed by atoms with Gasteiger partial charge in [0.15, 0.2) is 6.04 Å². The van der Waals surface area contributed by atoms with E-state index < -0.39 is 18.0 Å². The summed E-state index contributed by atoms with van der Waals surface area (Å²) in [5, 5.41) is 15.2. The van der Waals surface area contributed by atoms with Crippen molar-refractivity contribution in [1.29, 1.82) is 0 Å². The fraction of sp³-hybridized carbons (Fsp3) is 0.368. The monoisotopic (exact) mass is 395 g/mol. The van der Waals surface area contributed by atoms with E-state index in [0.29, 0.717) is 29.7 Å². The smallest absolute Gasteiger partial charge is 0.322 e. The summed E-state index contributed by atoms with van der Waals surface area (Å²) in [7, 11) is 0. The number of allylic oxidation sites excluding steroid dienone is 1. The molecule has 10 heteroatoms. The quantitative estimate of drug-likeness (QED) is 0.580. The molecule has 0 radical (unpaired) electrons. The number of aliphatic imine (C=N–C) groups is 1. The number of aromatic amines is 1. The van der Waals surface area contributed by atoms with Crippen molar-refractivity contribution in [1.82, 2.24) is 26.1 Å². The molecule has 1 unspecified atom stereocenters. The summed E-state index contributed by atoms with van der Waals surface area (Å²) in [6, 6.07) is 0.679. The van der Waals surface area contributed by atoms with Crippen molar-refractivity contribution in [2.45, 2.75) is 31.3 Å². The van der Waals surface area contributed by atoms with Crippen LogP contribution in [0.2, 0.25) is 0 Å². The number of amidine groups is 1. The predicted molar refractivity (Wildman–Crippen MR) is 105 cm³/mol. The van der Waals surface area contributed by atoms with Gasteiger partial charge in [-0.1, -0.05) is 6.08 Å². The van der Waals surface area contributed by atoms with Crippen molar-refractivity contribution < 1.29 is 14.0 Å². The van der Waals surface area contributed by atoms with Crippen LogP contribution in [0.15, 0.2) is 40.0 Å². The topological polar surface area (TPSA) is 128 Å². The molecule has 0 spiro atoms. The number of imide groups is 1. The lowest BCUT2D eigenvalue weighted by Gasteiger charge is -2.35. The molecule has 150 valence electrons. The average Bonchev–Trinajstić information content (AvgIpc) is 3.42. The van der Waals surface area contributed by atoms with Gasteiger partial charge in [-0.25, -0.2) is 9.79 Å². The first kappa shape index (κ1) is 17.7. The van der Waals surface area contributed by atoms with Crippen LogP contribution in [-0.2, 0) is 11.2 Å². The Balaban J connectivity index is 1.51. The average molecular weight is 395 g/mol. The van der Waals surface area contributed by atoms with Gasteiger partial charge in [-0.2, -0.15) is 5.10 Å². The molecule has 10 nitrogen and oxygen atoms in total. The number of fused-ring (bicyclic) bond motifs is 1. The van der Waals surface area contributed by atoms with Crippen molar-refractivity contribution in [2.75, 3.05) is 18.0 Å². The molecule has 29 heavy (non-hydrogen) atoms. The number of H-pyrrole nitrogens is 1. The number of hydrogen-bond acceptors (Lipinski definition) is 7. The number of amides is 3. The zero-order valence-corrected chi connectivity index (χ0v) is 15.6. The number of carbonyl (C=O) groups excluding carboxylic acids is 2. The van der Waals surface area contributed by atoms with Gasteiger partial charge in [0.05, 0.1) is 11.9 Å². The summed E-state index contributed by atoms with van der Waals surface area (Å²) in [6.45, 7) is 1.90. The number of hydrogen-bond donors (Lipinski definition) is 4. The highest BCUT2D eigenvalue weighted by molar-refractivity contribution is 6.08. The minimum absolute atomic E-state index is 0.296. The third-order valence-electron chi connectivity index (χ3n) is 5.35. The minimum Gasteiger partial charge on any atom is -0.461 e. The molecule has 0 saturated carbocycles. The lowest BCUT2D eigenvalue weighted by atomic mass is 10.0. The van der Waals surface area contributed by atoms with Gasteiger partial charge in [0.2, 0.25) is 0 Å². The highest BCUT2D eigenvalue weighted by Gasteiger charge is 2.34. The van der Waals surface area contributed by atoms with Crippen LogP contribution in [0, 0.1) is 0 Å². The maximum Gasteiger partial charge on any atom is 0.322 e. The zero-order chi connectivity index (χ0) is 19.8. The van der Waals surface area contributed by atoms with Gasteiger partial charge < -0.3 is 20.0 Å². The Morgan fingerprint density at radius 1 is 1.21 bits per heavy atom. The van der Waals surface area contributed by atoms with E-state index in [0.717, 1.165) is 37.5 Å². The Hall–Kier alpha value is -3.40. The van der Waals surface area contributed by atoms with Crippen molar-refractivity contribution in [2.24, 2.45) is 4.99 Å². The molecule has 5 rings (SSSR count). The number of nitrogens with one attached hydrogen (secondary N) is 4. The van der Waals surface area contributed by atoms with Crippen LogP contribution >= 0.6 is 0 Å². The second-order valence-electron chi connectivity index (χ2n) is 7.24. The first-order valence-electron chi connectivity index (χ1n) is 9.67. The molecule has 3 aliphatic heterocycles. The van der Waals surface area contributed by atoms with Crippen LogP contribution in [0.5, 0.6) is 0 Å². The molecule has 2 saturated heterocycles. The van der Waals surface area contributed by atoms with Crippen LogP contribution in [-0.4, -0.2) is 47.1 Å². The molecule has 3 aliphatic rings. The lowest BCUT2D eigenvalue weighted by Crippen LogP contribution is -2.45. The van der Waals surface area contributed by atoms with Crippen molar-refractivity contribution in [3.63, 3.8) is 0 Å². The summed E-state index contributed by atoms with van der Waals surface area (Å²) in [4.78, 5) is 30.5. The highest BCUT2D eigenvalue weighted by Crippen LogP contribution is 2.33. The van der Waals surface area contributed by atoms with Crippen LogP contribution in [0.4, 0.5) is 16.2 Å². The maximum absolute atomic E-state index is 12.0. The van der Waals surface area contributed by atoms with E-state index in [1.54, 1.807) is 12.3 Å². The van der Waals surface area contributed by atoms with Gasteiger partial charge in [-0.05, 0) is 32.0 Å². The fourth-order valence-corrected chi connectivity index (χ4v) is 3.98. The van der Waals surface area contributed by atoms with E-state index in [4.69, 9.17) is 9.41 Å². The van der Waals surface area contributed by atoms with E-state index in [9.17, 15) is 9.59 Å². The third kappa shape index (κ3) is 3.31. The van der Waals surface area contributed by atoms with Crippen LogP contribution in [0.1, 0.15) is 30.4 Å². The standard InChI is InChI=1S/C19H21N7O3/c27-18-17(24-19(28)25-18)15-8-13-14(29-15)2-1-3-16(23-13)26(12-9-21-22-10-12)11-4-6-20-7-5-11/h1,3,8-11,17,20H,2,4-7H2,(H,21,22)(H2,24,25,27,28). The summed E-state index contributed by atoms with van der Waals surface area (Å²) in [6.07, 6.45) is 10.2. The normalized spacial score (nSPS) is 21.9. The predicted octanol–water partition coefficient (Wildman–Crippen LogP) is 1.28. The second-order valence-corrected chi connectivity index (χ2v) is 7.24. The fourth-order valence-electron chi connectivity index (χ4n) is 3.98. The first-order valence-corrected chi connectivity index (χ1v) is 9.67. The van der Waals surface area contributed by atoms with Crippen molar-refractivity contribution in [3.05, 3.63) is 42.1 Å². The molecule has 2 fully saturated rings. The van der Waals surface area contributed by atoms with Gasteiger partial charge in [0.25, 0.3) is 5.91 Å². The number of furan rings is 1. The number of anilines is 1. The Labute approximate surface area is 166 Å². The number of nitrogens with zero attached hydrogens (tertiary/aromatic N) is 3. The molecule has 5 heterocycles. The van der Waals surface area contributed by atoms with E-state index in [2.05, 4.69) is 31.0 Å². The largest absolute Gasteiger partial charge is 0.461 e. The van der Waals surface area contributed by atoms with Crippen molar-refractivity contribution >= 4 is 29.1 Å². The molecule has 0 aliphatic carbocycles. The zero-order valence-electron chi connectivity index (χ0n) is 15.6. The van der Waals surface area contributed by atoms with Gasteiger partial charge in [0, 0.05) is 24.7 Å².